The highest BCUT2D eigenvalue weighted by Gasteiger charge is 2.35. The minimum Gasteiger partial charge on any atom is -0.354 e. The van der Waals surface area contributed by atoms with Gasteiger partial charge in [-0.1, -0.05) is 17.7 Å². The molecule has 1 aromatic heterocycles. The van der Waals surface area contributed by atoms with Gasteiger partial charge in [0.05, 0.1) is 16.8 Å². The lowest BCUT2D eigenvalue weighted by Gasteiger charge is -2.17. The predicted octanol–water partition coefficient (Wildman–Crippen LogP) is 2.67. The van der Waals surface area contributed by atoms with Crippen molar-refractivity contribution >= 4 is 40.0 Å². The minimum absolute atomic E-state index is 0.105. The van der Waals surface area contributed by atoms with E-state index in [4.69, 9.17) is 11.6 Å². The average molecular weight is 443 g/mol. The smallest absolute Gasteiger partial charge is 0.261 e. The molecule has 1 saturated heterocycles. The van der Waals surface area contributed by atoms with Crippen molar-refractivity contribution in [2.24, 2.45) is 5.92 Å². The maximum absolute atomic E-state index is 13.5. The molecule has 0 radical (unpaired) electrons. The molecule has 1 aliphatic heterocycles. The van der Waals surface area contributed by atoms with E-state index in [1.165, 1.54) is 16.7 Å². The van der Waals surface area contributed by atoms with Gasteiger partial charge >= 0.3 is 0 Å². The van der Waals surface area contributed by atoms with Crippen LogP contribution in [0, 0.1) is 18.7 Å². The van der Waals surface area contributed by atoms with E-state index in [9.17, 15) is 18.8 Å². The molecule has 0 saturated carbocycles. The number of amides is 2. The maximum Gasteiger partial charge on any atom is 0.261 e. The van der Waals surface area contributed by atoms with E-state index in [-0.39, 0.29) is 48.8 Å². The first-order chi connectivity index (χ1) is 14.8. The number of benzene rings is 2. The highest BCUT2D eigenvalue weighted by Crippen LogP contribution is 2.27. The molecule has 1 fully saturated rings. The summed E-state index contributed by atoms with van der Waals surface area (Å²) in [7, 11) is 0. The number of hydrogen-bond donors (Lipinski definition) is 1. The van der Waals surface area contributed by atoms with E-state index in [1.807, 2.05) is 0 Å². The van der Waals surface area contributed by atoms with Crippen LogP contribution in [-0.4, -0.2) is 34.5 Å². The minimum atomic E-state index is -0.509. The monoisotopic (exact) mass is 442 g/mol. The van der Waals surface area contributed by atoms with Gasteiger partial charge in [-0.3, -0.25) is 19.0 Å². The van der Waals surface area contributed by atoms with Gasteiger partial charge < -0.3 is 10.2 Å². The second kappa shape index (κ2) is 8.47. The van der Waals surface area contributed by atoms with E-state index in [0.717, 1.165) is 6.07 Å². The predicted molar refractivity (Wildman–Crippen MR) is 116 cm³/mol. The van der Waals surface area contributed by atoms with Crippen LogP contribution in [-0.2, 0) is 16.1 Å². The Balaban J connectivity index is 1.41. The number of nitrogens with one attached hydrogen (secondary N) is 1. The molecule has 1 aliphatic rings. The first-order valence-corrected chi connectivity index (χ1v) is 10.2. The van der Waals surface area contributed by atoms with E-state index < -0.39 is 11.7 Å². The first kappa shape index (κ1) is 21.0. The van der Waals surface area contributed by atoms with Crippen molar-refractivity contribution in [2.75, 3.05) is 18.0 Å². The Morgan fingerprint density at radius 2 is 2.06 bits per heavy atom. The Morgan fingerprint density at radius 1 is 1.26 bits per heavy atom. The number of rotatable bonds is 5. The molecule has 3 aromatic rings. The van der Waals surface area contributed by atoms with Crippen LogP contribution in [0.1, 0.15) is 12.2 Å². The van der Waals surface area contributed by atoms with Crippen LogP contribution >= 0.6 is 11.6 Å². The molecule has 0 spiro atoms. The third-order valence-corrected chi connectivity index (χ3v) is 5.59. The van der Waals surface area contributed by atoms with Gasteiger partial charge in [-0.15, -0.1) is 0 Å². The van der Waals surface area contributed by atoms with Gasteiger partial charge in [0.25, 0.3) is 5.56 Å². The maximum atomic E-state index is 13.5. The lowest BCUT2D eigenvalue weighted by Crippen LogP contribution is -2.36. The fourth-order valence-corrected chi connectivity index (χ4v) is 3.96. The molecule has 1 atom stereocenters. The molecule has 0 aliphatic carbocycles. The molecular weight excluding hydrogens is 423 g/mol. The van der Waals surface area contributed by atoms with Gasteiger partial charge in [0.15, 0.2) is 0 Å². The van der Waals surface area contributed by atoms with Crippen molar-refractivity contribution in [1.82, 2.24) is 14.9 Å². The number of aryl methyl sites for hydroxylation is 1. The molecule has 31 heavy (non-hydrogen) atoms. The molecule has 9 heteroatoms. The van der Waals surface area contributed by atoms with Crippen LogP contribution in [0.5, 0.6) is 0 Å². The fourth-order valence-electron chi connectivity index (χ4n) is 3.78. The van der Waals surface area contributed by atoms with Crippen molar-refractivity contribution < 1.29 is 14.0 Å². The lowest BCUT2D eigenvalue weighted by atomic mass is 10.1. The van der Waals surface area contributed by atoms with Crippen molar-refractivity contribution in [3.8, 4) is 0 Å². The summed E-state index contributed by atoms with van der Waals surface area (Å²) < 4.78 is 14.9. The van der Waals surface area contributed by atoms with Crippen molar-refractivity contribution in [3.63, 3.8) is 0 Å². The second-order valence-electron chi connectivity index (χ2n) is 7.45. The molecule has 160 valence electrons. The van der Waals surface area contributed by atoms with Gasteiger partial charge in [-0.25, -0.2) is 9.37 Å². The fraction of sp³-hybridized carbons (Fsp3) is 0.273. The number of fused-ring (bicyclic) bond motifs is 1. The zero-order chi connectivity index (χ0) is 22.1. The van der Waals surface area contributed by atoms with E-state index in [1.54, 1.807) is 36.1 Å². The molecule has 4 rings (SSSR count). The van der Waals surface area contributed by atoms with Crippen LogP contribution in [0.2, 0.25) is 5.02 Å². The molecule has 0 unspecified atom stereocenters. The Morgan fingerprint density at radius 3 is 2.84 bits per heavy atom. The SMILES string of the molecule is Cc1nc2ccc(F)cc2c(=O)n1CCNC(=O)[C@@H]1CC(=O)N(c2cccc(Cl)c2)C1. The van der Waals surface area contributed by atoms with Gasteiger partial charge in [0, 0.05) is 36.8 Å². The third-order valence-electron chi connectivity index (χ3n) is 5.36. The topological polar surface area (TPSA) is 84.3 Å². The van der Waals surface area contributed by atoms with E-state index >= 15 is 0 Å². The Bertz CT molecular complexity index is 1240. The highest BCUT2D eigenvalue weighted by molar-refractivity contribution is 6.31. The van der Waals surface area contributed by atoms with E-state index in [0.29, 0.717) is 22.1 Å². The quantitative estimate of drug-likeness (QED) is 0.658. The largest absolute Gasteiger partial charge is 0.354 e. The number of carbonyl (C=O) groups excluding carboxylic acids is 2. The zero-order valence-electron chi connectivity index (χ0n) is 16.8. The summed E-state index contributed by atoms with van der Waals surface area (Å²) in [6.45, 7) is 2.32. The summed E-state index contributed by atoms with van der Waals surface area (Å²) in [6.07, 6.45) is 0.105. The van der Waals surface area contributed by atoms with Crippen LogP contribution in [0.4, 0.5) is 10.1 Å². The van der Waals surface area contributed by atoms with Gasteiger partial charge in [0.2, 0.25) is 11.8 Å². The Labute approximate surface area is 182 Å². The molecule has 2 aromatic carbocycles. The Hall–Kier alpha value is -3.26. The average Bonchev–Trinajstić information content (AvgIpc) is 3.13. The summed E-state index contributed by atoms with van der Waals surface area (Å²) >= 11 is 6.00. The summed E-state index contributed by atoms with van der Waals surface area (Å²) in [4.78, 5) is 43.5. The third kappa shape index (κ3) is 4.29. The normalized spacial score (nSPS) is 16.2. The lowest BCUT2D eigenvalue weighted by molar-refractivity contribution is -0.126. The highest BCUT2D eigenvalue weighted by atomic mass is 35.5. The number of nitrogens with zero attached hydrogens (tertiary/aromatic N) is 3. The van der Waals surface area contributed by atoms with Crippen LogP contribution in [0.25, 0.3) is 10.9 Å². The molecule has 1 N–H and O–H groups in total. The summed E-state index contributed by atoms with van der Waals surface area (Å²) in [6, 6.07) is 10.8. The van der Waals surface area contributed by atoms with Gasteiger partial charge in [-0.2, -0.15) is 0 Å². The number of aromatic nitrogens is 2. The standard InChI is InChI=1S/C22H20ClFN4O3/c1-13-26-19-6-5-16(24)11-18(19)22(31)27(13)8-7-25-21(30)14-9-20(29)28(12-14)17-4-2-3-15(23)10-17/h2-6,10-11,14H,7-9,12H2,1H3,(H,25,30)/t14-/m1/s1. The summed E-state index contributed by atoms with van der Waals surface area (Å²) in [5.74, 6) is -0.932. The van der Waals surface area contributed by atoms with Gasteiger partial charge in [0.1, 0.15) is 11.6 Å². The van der Waals surface area contributed by atoms with Crippen molar-refractivity contribution in [3.05, 3.63) is 69.5 Å². The van der Waals surface area contributed by atoms with Crippen molar-refractivity contribution in [2.45, 2.75) is 19.9 Å². The number of anilines is 1. The molecule has 2 heterocycles. The van der Waals surface area contributed by atoms with Crippen LogP contribution in [0.3, 0.4) is 0 Å². The van der Waals surface area contributed by atoms with Crippen molar-refractivity contribution in [1.29, 1.82) is 0 Å². The summed E-state index contributed by atoms with van der Waals surface area (Å²) in [5, 5.41) is 3.49. The first-order valence-electron chi connectivity index (χ1n) is 9.84. The zero-order valence-corrected chi connectivity index (χ0v) is 17.5. The second-order valence-corrected chi connectivity index (χ2v) is 7.89. The van der Waals surface area contributed by atoms with Crippen LogP contribution < -0.4 is 15.8 Å². The molecule has 0 bridgehead atoms. The molecule has 2 amide bonds. The van der Waals surface area contributed by atoms with Gasteiger partial charge in [-0.05, 0) is 43.3 Å². The molecular formula is C22H20ClFN4O3. The number of hydrogen-bond acceptors (Lipinski definition) is 4. The van der Waals surface area contributed by atoms with Crippen LogP contribution in [0.15, 0.2) is 47.3 Å². The molecule has 7 nitrogen and oxygen atoms in total. The number of carbonyl (C=O) groups is 2. The summed E-state index contributed by atoms with van der Waals surface area (Å²) in [5.41, 5.74) is 0.721. The Kier molecular flexibility index (Phi) is 5.73. The number of halogens is 2. The van der Waals surface area contributed by atoms with E-state index in [2.05, 4.69) is 10.3 Å².